The van der Waals surface area contributed by atoms with Gasteiger partial charge in [-0.15, -0.1) is 0 Å². The number of nitrogens with two attached hydrogens (primary N) is 1. The summed E-state index contributed by atoms with van der Waals surface area (Å²) in [5.74, 6) is -0.853. The molecule has 0 saturated heterocycles. The fourth-order valence-corrected chi connectivity index (χ4v) is 1.30. The van der Waals surface area contributed by atoms with E-state index in [1.54, 1.807) is 0 Å². The summed E-state index contributed by atoms with van der Waals surface area (Å²) in [4.78, 5) is 18.4. The first kappa shape index (κ1) is 10.4. The lowest BCUT2D eigenvalue weighted by molar-refractivity contribution is 0.0687. The van der Waals surface area contributed by atoms with E-state index in [4.69, 9.17) is 10.8 Å². The van der Waals surface area contributed by atoms with E-state index < -0.39 is 5.97 Å². The third-order valence-electron chi connectivity index (χ3n) is 1.83. The molecule has 0 atom stereocenters. The standard InChI is InChI=1S/C9H13N3O2/c1-9(2,3)5-6(8(13)14)11-4-12-7(5)10/h4H,1-3H3,(H,13,14)(H2,10,11,12). The van der Waals surface area contributed by atoms with E-state index in [0.29, 0.717) is 5.56 Å². The number of anilines is 1. The van der Waals surface area contributed by atoms with Crippen LogP contribution in [-0.2, 0) is 5.41 Å². The fourth-order valence-electron chi connectivity index (χ4n) is 1.30. The maximum Gasteiger partial charge on any atom is 0.355 e. The highest BCUT2D eigenvalue weighted by atomic mass is 16.4. The summed E-state index contributed by atoms with van der Waals surface area (Å²) in [5, 5.41) is 8.91. The molecule has 3 N–H and O–H groups in total. The quantitative estimate of drug-likeness (QED) is 0.699. The van der Waals surface area contributed by atoms with Crippen molar-refractivity contribution in [2.75, 3.05) is 5.73 Å². The van der Waals surface area contributed by atoms with E-state index in [2.05, 4.69) is 9.97 Å². The summed E-state index contributed by atoms with van der Waals surface area (Å²) < 4.78 is 0. The topological polar surface area (TPSA) is 89.1 Å². The molecule has 0 aliphatic rings. The molecule has 0 spiro atoms. The molecular formula is C9H13N3O2. The number of nitrogen functional groups attached to an aromatic ring is 1. The molecule has 1 heterocycles. The highest BCUT2D eigenvalue weighted by molar-refractivity contribution is 5.88. The predicted octanol–water partition coefficient (Wildman–Crippen LogP) is 1.05. The molecule has 1 rings (SSSR count). The second-order valence-electron chi connectivity index (χ2n) is 4.04. The molecule has 1 aromatic heterocycles. The van der Waals surface area contributed by atoms with Crippen molar-refractivity contribution in [2.45, 2.75) is 26.2 Å². The van der Waals surface area contributed by atoms with Crippen LogP contribution in [0.5, 0.6) is 0 Å². The van der Waals surface area contributed by atoms with Gasteiger partial charge in [-0.1, -0.05) is 20.8 Å². The number of carboxylic acids is 1. The van der Waals surface area contributed by atoms with Gasteiger partial charge in [-0.05, 0) is 5.41 Å². The lowest BCUT2D eigenvalue weighted by atomic mass is 9.86. The van der Waals surface area contributed by atoms with Gasteiger partial charge in [0.05, 0.1) is 0 Å². The number of aromatic carboxylic acids is 1. The zero-order chi connectivity index (χ0) is 10.9. The molecule has 76 valence electrons. The Morgan fingerprint density at radius 1 is 1.43 bits per heavy atom. The maximum atomic E-state index is 10.9. The van der Waals surface area contributed by atoms with E-state index in [1.807, 2.05) is 20.8 Å². The Kier molecular flexibility index (Phi) is 2.42. The second kappa shape index (κ2) is 3.25. The Morgan fingerprint density at radius 2 is 2.00 bits per heavy atom. The Bertz CT molecular complexity index is 369. The minimum Gasteiger partial charge on any atom is -0.476 e. The van der Waals surface area contributed by atoms with E-state index >= 15 is 0 Å². The van der Waals surface area contributed by atoms with Crippen LogP contribution in [0.2, 0.25) is 0 Å². The van der Waals surface area contributed by atoms with E-state index in [1.165, 1.54) is 0 Å². The summed E-state index contributed by atoms with van der Waals surface area (Å²) in [7, 11) is 0. The smallest absolute Gasteiger partial charge is 0.355 e. The van der Waals surface area contributed by atoms with Crippen molar-refractivity contribution in [3.8, 4) is 0 Å². The first-order valence-electron chi connectivity index (χ1n) is 4.18. The maximum absolute atomic E-state index is 10.9. The molecule has 0 aliphatic carbocycles. The van der Waals surface area contributed by atoms with Crippen LogP contribution < -0.4 is 5.73 Å². The highest BCUT2D eigenvalue weighted by Crippen LogP contribution is 2.28. The van der Waals surface area contributed by atoms with Crippen molar-refractivity contribution in [1.82, 2.24) is 9.97 Å². The number of hydrogen-bond donors (Lipinski definition) is 2. The highest BCUT2D eigenvalue weighted by Gasteiger charge is 2.26. The van der Waals surface area contributed by atoms with Gasteiger partial charge < -0.3 is 10.8 Å². The minimum absolute atomic E-state index is 0.0231. The second-order valence-corrected chi connectivity index (χ2v) is 4.04. The summed E-state index contributed by atoms with van der Waals surface area (Å²) >= 11 is 0. The SMILES string of the molecule is CC(C)(C)c1c(N)ncnc1C(=O)O. The molecule has 1 aromatic rings. The third kappa shape index (κ3) is 1.81. The fraction of sp³-hybridized carbons (Fsp3) is 0.444. The van der Waals surface area contributed by atoms with Crippen LogP contribution in [0, 0.1) is 0 Å². The van der Waals surface area contributed by atoms with Crippen LogP contribution in [0.15, 0.2) is 6.33 Å². The van der Waals surface area contributed by atoms with Crippen LogP contribution in [0.25, 0.3) is 0 Å². The van der Waals surface area contributed by atoms with Gasteiger partial charge in [0.2, 0.25) is 0 Å². The third-order valence-corrected chi connectivity index (χ3v) is 1.83. The zero-order valence-electron chi connectivity index (χ0n) is 8.40. The molecule has 5 heteroatoms. The number of hydrogen-bond acceptors (Lipinski definition) is 4. The molecular weight excluding hydrogens is 182 g/mol. The van der Waals surface area contributed by atoms with Gasteiger partial charge in [-0.25, -0.2) is 14.8 Å². The average Bonchev–Trinajstić information content (AvgIpc) is 2.01. The molecule has 0 saturated carbocycles. The first-order chi connectivity index (χ1) is 6.34. The number of carbonyl (C=O) groups is 1. The molecule has 0 bridgehead atoms. The zero-order valence-corrected chi connectivity index (χ0v) is 8.40. The Morgan fingerprint density at radius 3 is 2.36 bits per heavy atom. The number of aromatic nitrogens is 2. The monoisotopic (exact) mass is 195 g/mol. The summed E-state index contributed by atoms with van der Waals surface area (Å²) in [6.45, 7) is 5.61. The molecule has 0 fully saturated rings. The Balaban J connectivity index is 3.45. The van der Waals surface area contributed by atoms with Gasteiger partial charge in [0.25, 0.3) is 0 Å². The lowest BCUT2D eigenvalue weighted by Gasteiger charge is -2.21. The van der Waals surface area contributed by atoms with Crippen molar-refractivity contribution >= 4 is 11.8 Å². The van der Waals surface area contributed by atoms with Gasteiger partial charge >= 0.3 is 5.97 Å². The van der Waals surface area contributed by atoms with Crippen LogP contribution >= 0.6 is 0 Å². The van der Waals surface area contributed by atoms with Gasteiger partial charge in [0.15, 0.2) is 5.69 Å². The van der Waals surface area contributed by atoms with Crippen molar-refractivity contribution in [1.29, 1.82) is 0 Å². The predicted molar refractivity (Wildman–Crippen MR) is 52.1 cm³/mol. The number of carboxylic acid groups (broad SMARTS) is 1. The van der Waals surface area contributed by atoms with E-state index in [9.17, 15) is 4.79 Å². The average molecular weight is 195 g/mol. The van der Waals surface area contributed by atoms with Crippen LogP contribution in [-0.4, -0.2) is 21.0 Å². The number of rotatable bonds is 1. The summed E-state index contributed by atoms with van der Waals surface area (Å²) in [6.07, 6.45) is 1.16. The van der Waals surface area contributed by atoms with Crippen LogP contribution in [0.3, 0.4) is 0 Å². The van der Waals surface area contributed by atoms with E-state index in [0.717, 1.165) is 6.33 Å². The van der Waals surface area contributed by atoms with Crippen LogP contribution in [0.1, 0.15) is 36.8 Å². The van der Waals surface area contributed by atoms with Gasteiger partial charge in [0.1, 0.15) is 12.1 Å². The molecule has 0 aliphatic heterocycles. The normalized spacial score (nSPS) is 11.4. The lowest BCUT2D eigenvalue weighted by Crippen LogP contribution is -2.21. The Hall–Kier alpha value is -1.65. The minimum atomic E-state index is -1.08. The molecule has 0 unspecified atom stereocenters. The van der Waals surface area contributed by atoms with Crippen LogP contribution in [0.4, 0.5) is 5.82 Å². The van der Waals surface area contributed by atoms with Gasteiger partial charge in [-0.2, -0.15) is 0 Å². The van der Waals surface area contributed by atoms with Crippen molar-refractivity contribution in [3.05, 3.63) is 17.6 Å². The van der Waals surface area contributed by atoms with Gasteiger partial charge in [0, 0.05) is 5.56 Å². The summed E-state index contributed by atoms with van der Waals surface area (Å²) in [6, 6.07) is 0. The molecule has 5 nitrogen and oxygen atoms in total. The van der Waals surface area contributed by atoms with Crippen molar-refractivity contribution in [2.24, 2.45) is 0 Å². The number of nitrogens with zero attached hydrogens (tertiary/aromatic N) is 2. The van der Waals surface area contributed by atoms with Crippen molar-refractivity contribution in [3.63, 3.8) is 0 Å². The van der Waals surface area contributed by atoms with E-state index in [-0.39, 0.29) is 16.9 Å². The first-order valence-corrected chi connectivity index (χ1v) is 4.18. The molecule has 0 amide bonds. The van der Waals surface area contributed by atoms with Crippen molar-refractivity contribution < 1.29 is 9.90 Å². The summed E-state index contributed by atoms with van der Waals surface area (Å²) in [5.41, 5.74) is 5.71. The molecule has 14 heavy (non-hydrogen) atoms. The molecule has 0 radical (unpaired) electrons. The molecule has 0 aromatic carbocycles. The van der Waals surface area contributed by atoms with Gasteiger partial charge in [-0.3, -0.25) is 0 Å². The largest absolute Gasteiger partial charge is 0.476 e. The Labute approximate surface area is 82.0 Å².